The van der Waals surface area contributed by atoms with Gasteiger partial charge < -0.3 is 10.4 Å². The molecule has 4 aromatic rings. The number of aromatic hydroxyl groups is 1. The number of phenolic OH excluding ortho intramolecular Hbond substituents is 1. The normalized spacial score (nSPS) is 12.1. The van der Waals surface area contributed by atoms with Gasteiger partial charge in [0.2, 0.25) is 11.9 Å². The number of anilines is 1. The van der Waals surface area contributed by atoms with E-state index < -0.39 is 5.95 Å². The Morgan fingerprint density at radius 3 is 2.77 bits per heavy atom. The third-order valence-corrected chi connectivity index (χ3v) is 5.88. The molecule has 6 nitrogen and oxygen atoms in total. The van der Waals surface area contributed by atoms with Gasteiger partial charge in [0.25, 0.3) is 0 Å². The van der Waals surface area contributed by atoms with Crippen molar-refractivity contribution >= 4 is 33.3 Å². The van der Waals surface area contributed by atoms with Crippen molar-refractivity contribution in [1.29, 1.82) is 0 Å². The molecule has 1 atom stereocenters. The van der Waals surface area contributed by atoms with Gasteiger partial charge in [-0.25, -0.2) is 15.0 Å². The number of phenols is 1. The Labute approximate surface area is 182 Å². The lowest BCUT2D eigenvalue weighted by atomic mass is 10.0. The summed E-state index contributed by atoms with van der Waals surface area (Å²) in [7, 11) is 0. The van der Waals surface area contributed by atoms with Crippen LogP contribution in [0.15, 0.2) is 54.0 Å². The molecule has 0 bridgehead atoms. The first-order valence-electron chi connectivity index (χ1n) is 9.94. The number of benzene rings is 1. The van der Waals surface area contributed by atoms with E-state index in [0.29, 0.717) is 35.6 Å². The van der Waals surface area contributed by atoms with Crippen molar-refractivity contribution in [3.8, 4) is 5.75 Å². The Balaban J connectivity index is 1.49. The third-order valence-electron chi connectivity index (χ3n) is 4.97. The summed E-state index contributed by atoms with van der Waals surface area (Å²) in [5.74, 6) is -0.0358. The molecule has 3 heterocycles. The largest absolute Gasteiger partial charge is 0.508 e. The molecule has 0 spiro atoms. The summed E-state index contributed by atoms with van der Waals surface area (Å²) in [6, 6.07) is 11.7. The predicted octanol–water partition coefficient (Wildman–Crippen LogP) is 5.31. The van der Waals surface area contributed by atoms with Gasteiger partial charge in [-0.15, -0.1) is 11.3 Å². The van der Waals surface area contributed by atoms with Gasteiger partial charge in [0.1, 0.15) is 11.4 Å². The zero-order chi connectivity index (χ0) is 21.8. The first-order valence-corrected chi connectivity index (χ1v) is 10.8. The second kappa shape index (κ2) is 9.18. The number of fused-ring (bicyclic) bond motifs is 1. The van der Waals surface area contributed by atoms with Crippen LogP contribution < -0.4 is 5.32 Å². The second-order valence-electron chi connectivity index (χ2n) is 7.25. The summed E-state index contributed by atoms with van der Waals surface area (Å²) in [4.78, 5) is 25.5. The molecule has 0 amide bonds. The van der Waals surface area contributed by atoms with Gasteiger partial charge in [-0.2, -0.15) is 4.39 Å². The van der Waals surface area contributed by atoms with Crippen LogP contribution in [0.5, 0.6) is 5.75 Å². The highest BCUT2D eigenvalue weighted by Gasteiger charge is 2.17. The number of carbonyl (C=O) groups excluding carboxylic acids is 1. The Morgan fingerprint density at radius 1 is 1.19 bits per heavy atom. The number of rotatable bonds is 8. The van der Waals surface area contributed by atoms with Crippen molar-refractivity contribution in [2.45, 2.75) is 32.2 Å². The highest BCUT2D eigenvalue weighted by Crippen LogP contribution is 2.26. The molecule has 2 N–H and O–H groups in total. The average Bonchev–Trinajstić information content (AvgIpc) is 3.23. The molecule has 0 radical (unpaired) electrons. The fourth-order valence-electron chi connectivity index (χ4n) is 3.31. The van der Waals surface area contributed by atoms with Crippen LogP contribution in [0.3, 0.4) is 0 Å². The molecule has 8 heteroatoms. The molecule has 0 aliphatic rings. The molecule has 0 aliphatic heterocycles. The smallest absolute Gasteiger partial charge is 0.224 e. The number of carbonyl (C=O) groups is 1. The third kappa shape index (κ3) is 5.03. The van der Waals surface area contributed by atoms with E-state index in [1.54, 1.807) is 18.2 Å². The van der Waals surface area contributed by atoms with E-state index in [1.165, 1.54) is 23.6 Å². The Morgan fingerprint density at radius 2 is 2.00 bits per heavy atom. The van der Waals surface area contributed by atoms with E-state index in [-0.39, 0.29) is 17.6 Å². The minimum atomic E-state index is -0.551. The molecule has 0 saturated heterocycles. The number of aromatic nitrogens is 3. The van der Waals surface area contributed by atoms with Crippen LogP contribution in [-0.4, -0.2) is 25.8 Å². The number of Topliss-reactive ketones (excluding diaryl/α,β-unsaturated/α-hetero) is 1. The monoisotopic (exact) mass is 436 g/mol. The standard InChI is InChI=1S/C23H21FN4O2S/c1-14(16-9-11-25-20(24)13-16)26-23-27-18-10-12-31-22(18)21(28-23)19(30)4-2-3-15-5-7-17(29)8-6-15/h5-14,29H,2-4H2,1H3,(H,26,27,28)/t14-/m0/s1. The minimum Gasteiger partial charge on any atom is -0.508 e. The Hall–Kier alpha value is -3.39. The van der Waals surface area contributed by atoms with Crippen molar-refractivity contribution in [3.05, 3.63) is 76.8 Å². The maximum atomic E-state index is 13.4. The van der Waals surface area contributed by atoms with E-state index in [2.05, 4.69) is 20.3 Å². The van der Waals surface area contributed by atoms with E-state index in [0.717, 1.165) is 16.7 Å². The molecule has 1 aromatic carbocycles. The first-order chi connectivity index (χ1) is 15.0. The molecule has 0 aliphatic carbocycles. The summed E-state index contributed by atoms with van der Waals surface area (Å²) < 4.78 is 14.2. The molecular weight excluding hydrogens is 415 g/mol. The second-order valence-corrected chi connectivity index (χ2v) is 8.17. The fraction of sp³-hybridized carbons (Fsp3) is 0.217. The van der Waals surface area contributed by atoms with Gasteiger partial charge in [-0.3, -0.25) is 4.79 Å². The molecule has 158 valence electrons. The van der Waals surface area contributed by atoms with Crippen LogP contribution in [0.2, 0.25) is 0 Å². The van der Waals surface area contributed by atoms with Crippen LogP contribution in [0, 0.1) is 5.95 Å². The topological polar surface area (TPSA) is 88.0 Å². The quantitative estimate of drug-likeness (QED) is 0.287. The highest BCUT2D eigenvalue weighted by atomic mass is 32.1. The lowest BCUT2D eigenvalue weighted by Gasteiger charge is -2.15. The van der Waals surface area contributed by atoms with Crippen LogP contribution in [-0.2, 0) is 6.42 Å². The van der Waals surface area contributed by atoms with E-state index in [1.807, 2.05) is 30.5 Å². The summed E-state index contributed by atoms with van der Waals surface area (Å²) in [6.45, 7) is 1.87. The lowest BCUT2D eigenvalue weighted by molar-refractivity contribution is 0.0977. The van der Waals surface area contributed by atoms with Gasteiger partial charge in [0, 0.05) is 12.6 Å². The Kier molecular flexibility index (Phi) is 6.18. The van der Waals surface area contributed by atoms with Crippen LogP contribution >= 0.6 is 11.3 Å². The average molecular weight is 437 g/mol. The molecule has 0 saturated carbocycles. The number of halogens is 1. The number of thiophene rings is 1. The van der Waals surface area contributed by atoms with Gasteiger partial charge in [-0.05, 0) is 66.6 Å². The lowest BCUT2D eigenvalue weighted by Crippen LogP contribution is -2.12. The maximum Gasteiger partial charge on any atom is 0.224 e. The van der Waals surface area contributed by atoms with Crippen LogP contribution in [0.4, 0.5) is 10.3 Å². The van der Waals surface area contributed by atoms with Crippen molar-refractivity contribution in [3.63, 3.8) is 0 Å². The van der Waals surface area contributed by atoms with Crippen molar-refractivity contribution in [2.24, 2.45) is 0 Å². The molecule has 3 aromatic heterocycles. The van der Waals surface area contributed by atoms with Crippen LogP contribution in [0.1, 0.15) is 47.4 Å². The Bertz CT molecular complexity index is 1210. The molecule has 31 heavy (non-hydrogen) atoms. The number of aryl methyl sites for hydroxylation is 1. The fourth-order valence-corrected chi connectivity index (χ4v) is 4.15. The molecule has 4 rings (SSSR count). The predicted molar refractivity (Wildman–Crippen MR) is 119 cm³/mol. The minimum absolute atomic E-state index is 0.0423. The highest BCUT2D eigenvalue weighted by molar-refractivity contribution is 7.17. The summed E-state index contributed by atoms with van der Waals surface area (Å²) in [6.07, 6.45) is 3.18. The maximum absolute atomic E-state index is 13.4. The van der Waals surface area contributed by atoms with Gasteiger partial charge in [0.15, 0.2) is 5.78 Å². The molecular formula is C23H21FN4O2S. The summed E-state index contributed by atoms with van der Waals surface area (Å²) in [5.41, 5.74) is 2.89. The number of pyridine rings is 1. The summed E-state index contributed by atoms with van der Waals surface area (Å²) in [5, 5.41) is 14.4. The number of ketones is 1. The van der Waals surface area contributed by atoms with Gasteiger partial charge in [0.05, 0.1) is 16.3 Å². The number of nitrogens with zero attached hydrogens (tertiary/aromatic N) is 3. The van der Waals surface area contributed by atoms with Crippen LogP contribution in [0.25, 0.3) is 10.2 Å². The van der Waals surface area contributed by atoms with Crippen molar-refractivity contribution in [2.75, 3.05) is 5.32 Å². The number of hydrogen-bond donors (Lipinski definition) is 2. The van der Waals surface area contributed by atoms with Crippen molar-refractivity contribution in [1.82, 2.24) is 15.0 Å². The summed E-state index contributed by atoms with van der Waals surface area (Å²) >= 11 is 1.44. The van der Waals surface area contributed by atoms with E-state index >= 15 is 0 Å². The van der Waals surface area contributed by atoms with Gasteiger partial charge in [-0.1, -0.05) is 12.1 Å². The first kappa shape index (κ1) is 20.9. The van der Waals surface area contributed by atoms with E-state index in [9.17, 15) is 14.3 Å². The number of hydrogen-bond acceptors (Lipinski definition) is 7. The molecule has 0 unspecified atom stereocenters. The number of nitrogens with one attached hydrogen (secondary N) is 1. The van der Waals surface area contributed by atoms with Gasteiger partial charge >= 0.3 is 0 Å². The SMILES string of the molecule is C[C@H](Nc1nc(C(=O)CCCc2ccc(O)cc2)c2sccc2n1)c1ccnc(F)c1. The molecule has 0 fully saturated rings. The zero-order valence-corrected chi connectivity index (χ0v) is 17.7. The van der Waals surface area contributed by atoms with E-state index in [4.69, 9.17) is 0 Å². The zero-order valence-electron chi connectivity index (χ0n) is 16.9. The van der Waals surface area contributed by atoms with Crippen molar-refractivity contribution < 1.29 is 14.3 Å².